The summed E-state index contributed by atoms with van der Waals surface area (Å²) in [7, 11) is -1.19. The number of fused-ring (bicyclic) bond motifs is 1. The van der Waals surface area contributed by atoms with E-state index in [1.807, 2.05) is 36.4 Å². The van der Waals surface area contributed by atoms with E-state index in [1.54, 1.807) is 36.5 Å². The Labute approximate surface area is 166 Å². The van der Waals surface area contributed by atoms with Gasteiger partial charge in [0.1, 0.15) is 0 Å². The summed E-state index contributed by atoms with van der Waals surface area (Å²) in [6.45, 7) is 0. The maximum Gasteiger partial charge on any atom is 0.474 e. The van der Waals surface area contributed by atoms with Gasteiger partial charge in [0.05, 0.1) is 16.8 Å². The number of carbonyl (C=O) groups excluding carboxylic acids is 1. The van der Waals surface area contributed by atoms with Gasteiger partial charge >= 0.3 is 7.05 Å². The van der Waals surface area contributed by atoms with Crippen LogP contribution in [0.5, 0.6) is 0 Å². The number of benzene rings is 3. The SMILES string of the molecule is O=C(c1ccccc1Cl)N1N=Cc2cc(-c3ccc(Cl)cc3)ccc2B1O. The Bertz CT molecular complexity index is 1050. The number of rotatable bonds is 2. The Hall–Kier alpha value is -2.60. The molecular weight excluding hydrogens is 382 g/mol. The minimum absolute atomic E-state index is 0.289. The van der Waals surface area contributed by atoms with Crippen LogP contribution >= 0.6 is 23.2 Å². The fourth-order valence-corrected chi connectivity index (χ4v) is 3.33. The molecule has 4 rings (SSSR count). The first kappa shape index (κ1) is 17.8. The van der Waals surface area contributed by atoms with Gasteiger partial charge in [0, 0.05) is 5.02 Å². The van der Waals surface area contributed by atoms with Gasteiger partial charge in [-0.1, -0.05) is 59.6 Å². The van der Waals surface area contributed by atoms with Crippen molar-refractivity contribution < 1.29 is 9.82 Å². The van der Waals surface area contributed by atoms with Crippen molar-refractivity contribution in [2.75, 3.05) is 0 Å². The molecule has 1 heterocycles. The lowest BCUT2D eigenvalue weighted by Gasteiger charge is -2.25. The van der Waals surface area contributed by atoms with Gasteiger partial charge in [-0.25, -0.2) is 4.92 Å². The third kappa shape index (κ3) is 3.37. The van der Waals surface area contributed by atoms with E-state index >= 15 is 0 Å². The molecule has 0 spiro atoms. The predicted octanol–water partition coefficient (Wildman–Crippen LogP) is 3.84. The third-order valence-corrected chi connectivity index (χ3v) is 4.99. The highest BCUT2D eigenvalue weighted by Crippen LogP contribution is 2.24. The topological polar surface area (TPSA) is 52.9 Å². The van der Waals surface area contributed by atoms with E-state index in [0.29, 0.717) is 15.5 Å². The molecule has 3 aromatic rings. The Morgan fingerprint density at radius 1 is 0.963 bits per heavy atom. The van der Waals surface area contributed by atoms with Crippen molar-refractivity contribution in [1.82, 2.24) is 4.92 Å². The average Bonchev–Trinajstić information content (AvgIpc) is 2.68. The van der Waals surface area contributed by atoms with Crippen molar-refractivity contribution in [3.63, 3.8) is 0 Å². The summed E-state index contributed by atoms with van der Waals surface area (Å²) in [4.78, 5) is 13.7. The summed E-state index contributed by atoms with van der Waals surface area (Å²) in [5.74, 6) is -0.461. The van der Waals surface area contributed by atoms with E-state index in [0.717, 1.165) is 21.6 Å². The second kappa shape index (κ2) is 7.20. The maximum absolute atomic E-state index is 12.7. The Kier molecular flexibility index (Phi) is 4.74. The van der Waals surface area contributed by atoms with Crippen LogP contribution in [0, 0.1) is 0 Å². The molecule has 0 saturated carbocycles. The van der Waals surface area contributed by atoms with Crippen LogP contribution in [0.25, 0.3) is 11.1 Å². The molecule has 1 aliphatic rings. The molecule has 4 nitrogen and oxygen atoms in total. The van der Waals surface area contributed by atoms with Crippen LogP contribution in [0.2, 0.25) is 10.0 Å². The molecular formula is C20H13BCl2N2O2. The van der Waals surface area contributed by atoms with Gasteiger partial charge in [0.25, 0.3) is 5.91 Å². The van der Waals surface area contributed by atoms with Crippen LogP contribution < -0.4 is 5.46 Å². The van der Waals surface area contributed by atoms with Crippen LogP contribution in [0.4, 0.5) is 0 Å². The minimum Gasteiger partial charge on any atom is -0.427 e. The second-order valence-electron chi connectivity index (χ2n) is 6.10. The van der Waals surface area contributed by atoms with Gasteiger partial charge < -0.3 is 5.02 Å². The zero-order chi connectivity index (χ0) is 19.0. The number of amides is 1. The van der Waals surface area contributed by atoms with Gasteiger partial charge in [0.2, 0.25) is 0 Å². The second-order valence-corrected chi connectivity index (χ2v) is 6.94. The third-order valence-electron chi connectivity index (χ3n) is 4.41. The summed E-state index contributed by atoms with van der Waals surface area (Å²) < 4.78 is 0. The van der Waals surface area contributed by atoms with Crippen LogP contribution in [-0.4, -0.2) is 29.1 Å². The summed E-state index contributed by atoms with van der Waals surface area (Å²) in [6.07, 6.45) is 1.57. The number of nitrogens with zero attached hydrogens (tertiary/aromatic N) is 2. The van der Waals surface area contributed by atoms with E-state index in [-0.39, 0.29) is 5.56 Å². The molecule has 0 aromatic heterocycles. The van der Waals surface area contributed by atoms with Crippen molar-refractivity contribution in [2.45, 2.75) is 0 Å². The molecule has 0 unspecified atom stereocenters. The lowest BCUT2D eigenvalue weighted by molar-refractivity contribution is 0.0846. The van der Waals surface area contributed by atoms with Crippen molar-refractivity contribution >= 4 is 47.8 Å². The fraction of sp³-hybridized carbons (Fsp3) is 0. The zero-order valence-corrected chi connectivity index (χ0v) is 15.5. The number of hydrazone groups is 1. The van der Waals surface area contributed by atoms with Crippen LogP contribution in [0.1, 0.15) is 15.9 Å². The van der Waals surface area contributed by atoms with Gasteiger partial charge in [-0.3, -0.25) is 4.79 Å². The Morgan fingerprint density at radius 3 is 2.41 bits per heavy atom. The fourth-order valence-electron chi connectivity index (χ4n) is 2.98. The van der Waals surface area contributed by atoms with Gasteiger partial charge in [-0.05, 0) is 52.5 Å². The minimum atomic E-state index is -1.19. The molecule has 0 fully saturated rings. The van der Waals surface area contributed by atoms with E-state index in [2.05, 4.69) is 5.10 Å². The van der Waals surface area contributed by atoms with Crippen LogP contribution in [0.15, 0.2) is 71.8 Å². The zero-order valence-electron chi connectivity index (χ0n) is 14.0. The number of hydrogen-bond acceptors (Lipinski definition) is 3. The Balaban J connectivity index is 1.66. The molecule has 7 heteroatoms. The smallest absolute Gasteiger partial charge is 0.427 e. The van der Waals surface area contributed by atoms with Crippen LogP contribution in [0.3, 0.4) is 0 Å². The monoisotopic (exact) mass is 394 g/mol. The molecule has 0 aliphatic carbocycles. The van der Waals surface area contributed by atoms with Crippen molar-refractivity contribution in [2.24, 2.45) is 5.10 Å². The number of hydrogen-bond donors (Lipinski definition) is 1. The molecule has 1 aliphatic heterocycles. The summed E-state index contributed by atoms with van der Waals surface area (Å²) >= 11 is 12.0. The summed E-state index contributed by atoms with van der Waals surface area (Å²) in [6, 6.07) is 19.8. The van der Waals surface area contributed by atoms with Crippen molar-refractivity contribution in [3.8, 4) is 11.1 Å². The van der Waals surface area contributed by atoms with Gasteiger partial charge in [-0.15, -0.1) is 0 Å². The first-order chi connectivity index (χ1) is 13.0. The average molecular weight is 395 g/mol. The lowest BCUT2D eigenvalue weighted by Crippen LogP contribution is -2.52. The van der Waals surface area contributed by atoms with Gasteiger partial charge in [-0.2, -0.15) is 5.10 Å². The largest absolute Gasteiger partial charge is 0.474 e. The van der Waals surface area contributed by atoms with Crippen molar-refractivity contribution in [1.29, 1.82) is 0 Å². The first-order valence-corrected chi connectivity index (χ1v) is 9.00. The van der Waals surface area contributed by atoms with E-state index in [9.17, 15) is 9.82 Å². The molecule has 3 aromatic carbocycles. The summed E-state index contributed by atoms with van der Waals surface area (Å²) in [5.41, 5.74) is 3.60. The molecule has 0 radical (unpaired) electrons. The van der Waals surface area contributed by atoms with Gasteiger partial charge in [0.15, 0.2) is 0 Å². The standard InChI is InChI=1S/C20H13BCl2N2O2/c22-16-8-5-13(6-9-16)14-7-10-18-15(11-14)12-24-25(21(18)27)20(26)17-3-1-2-4-19(17)23/h1-12,27H. The molecule has 27 heavy (non-hydrogen) atoms. The predicted molar refractivity (Wildman–Crippen MR) is 110 cm³/mol. The quantitative estimate of drug-likeness (QED) is 0.671. The van der Waals surface area contributed by atoms with E-state index in [4.69, 9.17) is 23.2 Å². The molecule has 1 N–H and O–H groups in total. The summed E-state index contributed by atoms with van der Waals surface area (Å²) in [5, 5.41) is 15.8. The highest BCUT2D eigenvalue weighted by atomic mass is 35.5. The maximum atomic E-state index is 12.7. The Morgan fingerprint density at radius 2 is 1.67 bits per heavy atom. The highest BCUT2D eigenvalue weighted by Gasteiger charge is 2.34. The first-order valence-electron chi connectivity index (χ1n) is 8.24. The molecule has 1 amide bonds. The molecule has 0 saturated heterocycles. The van der Waals surface area contributed by atoms with E-state index < -0.39 is 13.0 Å². The molecule has 0 bridgehead atoms. The number of halogens is 2. The van der Waals surface area contributed by atoms with Crippen molar-refractivity contribution in [3.05, 3.63) is 87.9 Å². The molecule has 132 valence electrons. The normalized spacial score (nSPS) is 12.9. The highest BCUT2D eigenvalue weighted by molar-refractivity contribution is 6.68. The number of carbonyl (C=O) groups is 1. The van der Waals surface area contributed by atoms with Crippen LogP contribution in [-0.2, 0) is 0 Å². The lowest BCUT2D eigenvalue weighted by atomic mass is 9.69. The molecule has 0 atom stereocenters. The van der Waals surface area contributed by atoms with E-state index in [1.165, 1.54) is 0 Å².